The first-order valence-electron chi connectivity index (χ1n) is 9.89. The van der Waals surface area contributed by atoms with E-state index >= 15 is 0 Å². The van der Waals surface area contributed by atoms with Crippen molar-refractivity contribution >= 4 is 68.2 Å². The maximum Gasteiger partial charge on any atom is 0.264 e. The highest BCUT2D eigenvalue weighted by molar-refractivity contribution is 7.98. The van der Waals surface area contributed by atoms with Gasteiger partial charge in [-0.25, -0.2) is 8.42 Å². The van der Waals surface area contributed by atoms with E-state index < -0.39 is 15.9 Å². The van der Waals surface area contributed by atoms with E-state index in [9.17, 15) is 13.2 Å². The molecule has 0 aliphatic carbocycles. The van der Waals surface area contributed by atoms with Gasteiger partial charge >= 0.3 is 0 Å². The molecule has 0 unspecified atom stereocenters. The maximum absolute atomic E-state index is 13.3. The molecule has 10 heteroatoms. The molecular formula is C23H21Cl3N2O3S2. The number of sulfonamides is 1. The lowest BCUT2D eigenvalue weighted by atomic mass is 10.2. The highest BCUT2D eigenvalue weighted by Crippen LogP contribution is 2.27. The van der Waals surface area contributed by atoms with Gasteiger partial charge in [-0.2, -0.15) is 11.8 Å². The third-order valence-electron chi connectivity index (χ3n) is 4.57. The number of benzene rings is 3. The Bertz CT molecular complexity index is 1210. The summed E-state index contributed by atoms with van der Waals surface area (Å²) in [5.41, 5.74) is 1.32. The number of amides is 1. The van der Waals surface area contributed by atoms with Crippen LogP contribution in [0.3, 0.4) is 0 Å². The first-order valence-corrected chi connectivity index (χ1v) is 13.6. The fraction of sp³-hybridized carbons (Fsp3) is 0.174. The molecule has 0 radical (unpaired) electrons. The van der Waals surface area contributed by atoms with Crippen LogP contribution in [0.25, 0.3) is 0 Å². The molecule has 0 aliphatic heterocycles. The lowest BCUT2D eigenvalue weighted by Gasteiger charge is -2.24. The largest absolute Gasteiger partial charge is 0.354 e. The zero-order chi connectivity index (χ0) is 23.8. The van der Waals surface area contributed by atoms with Crippen molar-refractivity contribution in [2.75, 3.05) is 23.1 Å². The predicted octanol–water partition coefficient (Wildman–Crippen LogP) is 5.89. The van der Waals surface area contributed by atoms with E-state index in [4.69, 9.17) is 34.8 Å². The van der Waals surface area contributed by atoms with E-state index in [-0.39, 0.29) is 11.4 Å². The smallest absolute Gasteiger partial charge is 0.264 e. The third kappa shape index (κ3) is 7.29. The number of carbonyl (C=O) groups excluding carboxylic acids is 1. The molecule has 0 saturated carbocycles. The van der Waals surface area contributed by atoms with Crippen LogP contribution < -0.4 is 9.62 Å². The van der Waals surface area contributed by atoms with Crippen LogP contribution in [0.5, 0.6) is 0 Å². The predicted molar refractivity (Wildman–Crippen MR) is 138 cm³/mol. The summed E-state index contributed by atoms with van der Waals surface area (Å²) < 4.78 is 27.6. The molecule has 0 saturated heterocycles. The number of nitrogens with one attached hydrogen (secondary N) is 1. The number of hydrogen-bond donors (Lipinski definition) is 1. The van der Waals surface area contributed by atoms with E-state index in [1.807, 2.05) is 24.3 Å². The Labute approximate surface area is 213 Å². The van der Waals surface area contributed by atoms with Gasteiger partial charge in [-0.05, 0) is 54.1 Å². The number of anilines is 1. The molecule has 5 nitrogen and oxygen atoms in total. The minimum atomic E-state index is -4.02. The summed E-state index contributed by atoms with van der Waals surface area (Å²) in [6.07, 6.45) is 0. The van der Waals surface area contributed by atoms with Gasteiger partial charge in [-0.15, -0.1) is 0 Å². The van der Waals surface area contributed by atoms with E-state index in [0.717, 1.165) is 15.6 Å². The summed E-state index contributed by atoms with van der Waals surface area (Å²) in [6, 6.07) is 19.7. The fourth-order valence-corrected chi connectivity index (χ4v) is 5.79. The second kappa shape index (κ2) is 12.0. The standard InChI is InChI=1S/C23H21Cl3N2O3S2/c24-18-8-10-21(11-9-18)33(30,31)28(20-6-3-5-19(25)14-20)15-23(29)27-12-13-32-16-17-4-1-2-7-22(17)26/h1-11,14H,12-13,15-16H2,(H,27,29). The molecule has 0 aliphatic rings. The van der Waals surface area contributed by atoms with Gasteiger partial charge in [0.25, 0.3) is 10.0 Å². The first kappa shape index (κ1) is 25.7. The van der Waals surface area contributed by atoms with Gasteiger partial charge < -0.3 is 5.32 Å². The second-order valence-electron chi connectivity index (χ2n) is 6.94. The first-order chi connectivity index (χ1) is 15.8. The van der Waals surface area contributed by atoms with Gasteiger partial charge in [0.15, 0.2) is 0 Å². The van der Waals surface area contributed by atoms with E-state index in [1.165, 1.54) is 30.3 Å². The molecular weight excluding hydrogens is 523 g/mol. The van der Waals surface area contributed by atoms with Crippen molar-refractivity contribution in [1.29, 1.82) is 0 Å². The quantitative estimate of drug-likeness (QED) is 0.324. The Balaban J connectivity index is 1.65. The Morgan fingerprint density at radius 2 is 1.64 bits per heavy atom. The molecule has 3 aromatic carbocycles. The minimum Gasteiger partial charge on any atom is -0.354 e. The van der Waals surface area contributed by atoms with Gasteiger partial charge in [0.05, 0.1) is 10.6 Å². The summed E-state index contributed by atoms with van der Waals surface area (Å²) in [7, 11) is -4.02. The topological polar surface area (TPSA) is 66.5 Å². The summed E-state index contributed by atoms with van der Waals surface area (Å²) >= 11 is 19.7. The Kier molecular flexibility index (Phi) is 9.35. The van der Waals surface area contributed by atoms with Gasteiger partial charge in [0.1, 0.15) is 6.54 Å². The van der Waals surface area contributed by atoms with E-state index in [2.05, 4.69) is 5.32 Å². The van der Waals surface area contributed by atoms with Crippen molar-refractivity contribution in [3.8, 4) is 0 Å². The van der Waals surface area contributed by atoms with Crippen molar-refractivity contribution in [2.45, 2.75) is 10.6 Å². The molecule has 0 bridgehead atoms. The van der Waals surface area contributed by atoms with Crippen LogP contribution in [0, 0.1) is 0 Å². The average molecular weight is 544 g/mol. The van der Waals surface area contributed by atoms with Crippen molar-refractivity contribution in [1.82, 2.24) is 5.32 Å². The number of hydrogen-bond acceptors (Lipinski definition) is 4. The minimum absolute atomic E-state index is 0.0231. The zero-order valence-corrected chi connectivity index (χ0v) is 21.3. The monoisotopic (exact) mass is 542 g/mol. The van der Waals surface area contributed by atoms with Crippen LogP contribution in [-0.4, -0.2) is 33.2 Å². The molecule has 0 fully saturated rings. The van der Waals surface area contributed by atoms with Crippen molar-refractivity contribution in [3.05, 3.63) is 93.4 Å². The summed E-state index contributed by atoms with van der Waals surface area (Å²) in [5, 5.41) is 4.26. The van der Waals surface area contributed by atoms with Crippen LogP contribution in [0.4, 0.5) is 5.69 Å². The van der Waals surface area contributed by atoms with Gasteiger partial charge in [0.2, 0.25) is 5.91 Å². The lowest BCUT2D eigenvalue weighted by molar-refractivity contribution is -0.119. The van der Waals surface area contributed by atoms with Gasteiger partial charge in [-0.1, -0.05) is 59.1 Å². The number of halogens is 3. The zero-order valence-electron chi connectivity index (χ0n) is 17.4. The van der Waals surface area contributed by atoms with Gasteiger partial charge in [-0.3, -0.25) is 9.10 Å². The van der Waals surface area contributed by atoms with Crippen molar-refractivity contribution < 1.29 is 13.2 Å². The summed E-state index contributed by atoms with van der Waals surface area (Å²) in [6.45, 7) is -0.00118. The molecule has 33 heavy (non-hydrogen) atoms. The van der Waals surface area contributed by atoms with Crippen LogP contribution >= 0.6 is 46.6 Å². The molecule has 174 valence electrons. The average Bonchev–Trinajstić information content (AvgIpc) is 2.78. The van der Waals surface area contributed by atoms with E-state index in [0.29, 0.717) is 33.1 Å². The highest BCUT2D eigenvalue weighted by Gasteiger charge is 2.27. The molecule has 0 aromatic heterocycles. The number of thioether (sulfide) groups is 1. The Morgan fingerprint density at radius 3 is 2.33 bits per heavy atom. The van der Waals surface area contributed by atoms with Crippen LogP contribution in [0.15, 0.2) is 77.7 Å². The Hall–Kier alpha value is -1.90. The second-order valence-corrected chi connectivity index (χ2v) is 11.2. The fourth-order valence-electron chi connectivity index (χ4n) is 2.93. The van der Waals surface area contributed by atoms with Crippen LogP contribution in [0.2, 0.25) is 15.1 Å². The van der Waals surface area contributed by atoms with Crippen molar-refractivity contribution in [2.24, 2.45) is 0 Å². The Morgan fingerprint density at radius 1 is 0.909 bits per heavy atom. The lowest BCUT2D eigenvalue weighted by Crippen LogP contribution is -2.41. The van der Waals surface area contributed by atoms with Crippen molar-refractivity contribution in [3.63, 3.8) is 0 Å². The van der Waals surface area contributed by atoms with Gasteiger partial charge in [0, 0.05) is 33.1 Å². The third-order valence-corrected chi connectivity index (χ3v) is 8.22. The molecule has 0 atom stereocenters. The molecule has 3 rings (SSSR count). The maximum atomic E-state index is 13.3. The van der Waals surface area contributed by atoms with Crippen LogP contribution in [-0.2, 0) is 20.6 Å². The summed E-state index contributed by atoms with van der Waals surface area (Å²) in [5.74, 6) is 0.943. The normalized spacial score (nSPS) is 11.2. The number of carbonyl (C=O) groups is 1. The molecule has 0 heterocycles. The summed E-state index contributed by atoms with van der Waals surface area (Å²) in [4.78, 5) is 12.7. The molecule has 1 N–H and O–H groups in total. The van der Waals surface area contributed by atoms with Crippen LogP contribution in [0.1, 0.15) is 5.56 Å². The number of rotatable bonds is 10. The molecule has 0 spiro atoms. The molecule has 3 aromatic rings. The van der Waals surface area contributed by atoms with E-state index in [1.54, 1.807) is 30.0 Å². The molecule has 1 amide bonds. The SMILES string of the molecule is O=C(CN(c1cccc(Cl)c1)S(=O)(=O)c1ccc(Cl)cc1)NCCSCc1ccccc1Cl. The number of nitrogens with zero attached hydrogens (tertiary/aromatic N) is 1. The highest BCUT2D eigenvalue weighted by atomic mass is 35.5.